The van der Waals surface area contributed by atoms with Crippen molar-refractivity contribution < 1.29 is 5.11 Å². The minimum absolute atomic E-state index is 0.397. The molecule has 3 nitrogen and oxygen atoms in total. The Bertz CT molecular complexity index is 476. The Labute approximate surface area is 141 Å². The Hall–Kier alpha value is -0.900. The lowest BCUT2D eigenvalue weighted by Crippen LogP contribution is -2.47. The third-order valence-electron chi connectivity index (χ3n) is 5.65. The van der Waals surface area contributed by atoms with Crippen molar-refractivity contribution in [3.63, 3.8) is 0 Å². The molecule has 128 valence electrons. The van der Waals surface area contributed by atoms with Crippen LogP contribution in [0.15, 0.2) is 24.3 Å². The fraction of sp³-hybridized carbons (Fsp3) is 0.700. The first-order chi connectivity index (χ1) is 11.2. The maximum atomic E-state index is 10.4. The van der Waals surface area contributed by atoms with Gasteiger partial charge in [0.25, 0.3) is 0 Å². The Morgan fingerprint density at radius 1 is 1.13 bits per heavy atom. The molecule has 1 heterocycles. The summed E-state index contributed by atoms with van der Waals surface area (Å²) in [5, 5.41) is 13.9. The first kappa shape index (κ1) is 16.9. The molecule has 1 aromatic carbocycles. The first-order valence-corrected chi connectivity index (χ1v) is 9.44. The molecule has 2 aliphatic rings. The van der Waals surface area contributed by atoms with Crippen LogP contribution in [0.4, 0.5) is 0 Å². The molecule has 1 atom stereocenters. The molecule has 1 aliphatic carbocycles. The van der Waals surface area contributed by atoms with Crippen molar-refractivity contribution in [3.8, 4) is 0 Å². The van der Waals surface area contributed by atoms with Crippen LogP contribution in [-0.4, -0.2) is 41.7 Å². The van der Waals surface area contributed by atoms with E-state index in [1.54, 1.807) is 0 Å². The summed E-state index contributed by atoms with van der Waals surface area (Å²) in [6, 6.07) is 9.61. The van der Waals surface area contributed by atoms with Crippen LogP contribution in [0.1, 0.15) is 62.2 Å². The van der Waals surface area contributed by atoms with Crippen molar-refractivity contribution in [2.24, 2.45) is 0 Å². The van der Waals surface area contributed by atoms with E-state index in [2.05, 4.69) is 29.3 Å². The van der Waals surface area contributed by atoms with E-state index in [-0.39, 0.29) is 0 Å². The lowest BCUT2D eigenvalue weighted by atomic mass is 9.92. The van der Waals surface area contributed by atoms with E-state index >= 15 is 0 Å². The second kappa shape index (κ2) is 8.27. The number of rotatable bonds is 5. The normalized spacial score (nSPS) is 23.0. The minimum Gasteiger partial charge on any atom is -0.387 e. The number of aliphatic hydroxyl groups excluding tert-OH is 1. The topological polar surface area (TPSA) is 35.5 Å². The van der Waals surface area contributed by atoms with E-state index in [1.807, 2.05) is 12.1 Å². The van der Waals surface area contributed by atoms with Crippen LogP contribution in [0.25, 0.3) is 0 Å². The quantitative estimate of drug-likeness (QED) is 0.874. The number of nitrogens with one attached hydrogen (secondary N) is 1. The van der Waals surface area contributed by atoms with Crippen LogP contribution in [0, 0.1) is 6.92 Å². The van der Waals surface area contributed by atoms with Crippen LogP contribution in [0.2, 0.25) is 0 Å². The van der Waals surface area contributed by atoms with Crippen molar-refractivity contribution in [3.05, 3.63) is 35.4 Å². The van der Waals surface area contributed by atoms with Crippen molar-refractivity contribution in [2.45, 2.75) is 70.1 Å². The molecule has 0 aromatic heterocycles. The maximum Gasteiger partial charge on any atom is 0.0914 e. The zero-order valence-electron chi connectivity index (χ0n) is 14.5. The highest BCUT2D eigenvalue weighted by Crippen LogP contribution is 2.25. The van der Waals surface area contributed by atoms with E-state index in [4.69, 9.17) is 0 Å². The van der Waals surface area contributed by atoms with Gasteiger partial charge in [-0.15, -0.1) is 0 Å². The molecule has 1 aromatic rings. The Kier molecular flexibility index (Phi) is 6.09. The van der Waals surface area contributed by atoms with Crippen molar-refractivity contribution in [2.75, 3.05) is 19.6 Å². The third kappa shape index (κ3) is 4.79. The summed E-state index contributed by atoms with van der Waals surface area (Å²) in [5.74, 6) is 0. The third-order valence-corrected chi connectivity index (χ3v) is 5.65. The molecule has 1 saturated heterocycles. The standard InChI is InChI=1S/C20H32N2O/c1-16-6-5-7-17(14-16)20(23)15-21-18-10-12-22(13-11-18)19-8-3-2-4-9-19/h5-7,14,18-21,23H,2-4,8-13,15H2,1H3. The molecular weight excluding hydrogens is 284 g/mol. The van der Waals surface area contributed by atoms with Gasteiger partial charge in [0.1, 0.15) is 0 Å². The second-order valence-corrected chi connectivity index (χ2v) is 7.44. The predicted octanol–water partition coefficient (Wildman–Crippen LogP) is 3.42. The van der Waals surface area contributed by atoms with Gasteiger partial charge in [-0.25, -0.2) is 0 Å². The number of aliphatic hydroxyl groups is 1. The molecule has 3 rings (SSSR count). The SMILES string of the molecule is Cc1cccc(C(O)CNC2CCN(C3CCCCC3)CC2)c1. The molecule has 1 aliphatic heterocycles. The minimum atomic E-state index is -0.397. The zero-order chi connectivity index (χ0) is 16.1. The molecule has 1 unspecified atom stereocenters. The Morgan fingerprint density at radius 2 is 1.87 bits per heavy atom. The van der Waals surface area contributed by atoms with Crippen LogP contribution in [0.5, 0.6) is 0 Å². The van der Waals surface area contributed by atoms with Crippen LogP contribution in [0.3, 0.4) is 0 Å². The van der Waals surface area contributed by atoms with Crippen LogP contribution in [-0.2, 0) is 0 Å². The van der Waals surface area contributed by atoms with Crippen molar-refractivity contribution in [1.29, 1.82) is 0 Å². The summed E-state index contributed by atoms with van der Waals surface area (Å²) in [5.41, 5.74) is 2.24. The van der Waals surface area contributed by atoms with Crippen LogP contribution < -0.4 is 5.32 Å². The highest BCUT2D eigenvalue weighted by Gasteiger charge is 2.26. The van der Waals surface area contributed by atoms with Gasteiger partial charge in [0, 0.05) is 18.6 Å². The Morgan fingerprint density at radius 3 is 2.57 bits per heavy atom. The van der Waals surface area contributed by atoms with E-state index in [9.17, 15) is 5.11 Å². The van der Waals surface area contributed by atoms with Crippen molar-refractivity contribution >= 4 is 0 Å². The lowest BCUT2D eigenvalue weighted by molar-refractivity contribution is 0.108. The van der Waals surface area contributed by atoms with Gasteiger partial charge in [0.05, 0.1) is 6.10 Å². The van der Waals surface area contributed by atoms with E-state index in [0.29, 0.717) is 12.6 Å². The molecular formula is C20H32N2O. The summed E-state index contributed by atoms with van der Waals surface area (Å²) >= 11 is 0. The van der Waals surface area contributed by atoms with Gasteiger partial charge in [0.15, 0.2) is 0 Å². The number of piperidine rings is 1. The maximum absolute atomic E-state index is 10.4. The summed E-state index contributed by atoms with van der Waals surface area (Å²) in [6.07, 6.45) is 9.14. The lowest BCUT2D eigenvalue weighted by Gasteiger charge is -2.39. The average Bonchev–Trinajstić information content (AvgIpc) is 2.61. The molecule has 2 fully saturated rings. The number of likely N-dealkylation sites (tertiary alicyclic amines) is 1. The summed E-state index contributed by atoms with van der Waals surface area (Å²) in [7, 11) is 0. The molecule has 2 N–H and O–H groups in total. The fourth-order valence-corrected chi connectivity index (χ4v) is 4.19. The van der Waals surface area contributed by atoms with Gasteiger partial charge in [0.2, 0.25) is 0 Å². The van der Waals surface area contributed by atoms with Gasteiger partial charge in [-0.1, -0.05) is 49.1 Å². The molecule has 0 amide bonds. The molecule has 3 heteroatoms. The number of aryl methyl sites for hydroxylation is 1. The molecule has 0 radical (unpaired) electrons. The number of benzene rings is 1. The summed E-state index contributed by atoms with van der Waals surface area (Å²) in [6.45, 7) is 5.19. The van der Waals surface area contributed by atoms with Crippen molar-refractivity contribution in [1.82, 2.24) is 10.2 Å². The molecule has 23 heavy (non-hydrogen) atoms. The van der Waals surface area contributed by atoms with Gasteiger partial charge < -0.3 is 15.3 Å². The average molecular weight is 316 g/mol. The second-order valence-electron chi connectivity index (χ2n) is 7.44. The molecule has 0 spiro atoms. The van der Waals surface area contributed by atoms with E-state index in [0.717, 1.165) is 11.6 Å². The zero-order valence-corrected chi connectivity index (χ0v) is 14.5. The summed E-state index contributed by atoms with van der Waals surface area (Å²) < 4.78 is 0. The van der Waals surface area contributed by atoms with E-state index in [1.165, 1.54) is 63.6 Å². The summed E-state index contributed by atoms with van der Waals surface area (Å²) in [4.78, 5) is 2.72. The van der Waals surface area contributed by atoms with Crippen LogP contribution >= 0.6 is 0 Å². The van der Waals surface area contributed by atoms with E-state index < -0.39 is 6.10 Å². The van der Waals surface area contributed by atoms with Gasteiger partial charge in [-0.3, -0.25) is 0 Å². The van der Waals surface area contributed by atoms with Gasteiger partial charge in [-0.05, 0) is 51.3 Å². The largest absolute Gasteiger partial charge is 0.387 e. The molecule has 0 bridgehead atoms. The molecule has 1 saturated carbocycles. The fourth-order valence-electron chi connectivity index (χ4n) is 4.19. The predicted molar refractivity (Wildman–Crippen MR) is 95.6 cm³/mol. The van der Waals surface area contributed by atoms with Gasteiger partial charge >= 0.3 is 0 Å². The Balaban J connectivity index is 1.40. The number of nitrogens with zero attached hydrogens (tertiary/aromatic N) is 1. The number of hydrogen-bond donors (Lipinski definition) is 2. The van der Waals surface area contributed by atoms with Gasteiger partial charge in [-0.2, -0.15) is 0 Å². The monoisotopic (exact) mass is 316 g/mol. The number of hydrogen-bond acceptors (Lipinski definition) is 3. The first-order valence-electron chi connectivity index (χ1n) is 9.44. The smallest absolute Gasteiger partial charge is 0.0914 e. The highest BCUT2D eigenvalue weighted by molar-refractivity contribution is 5.24. The highest BCUT2D eigenvalue weighted by atomic mass is 16.3.